The van der Waals surface area contributed by atoms with E-state index >= 15 is 0 Å². The fourth-order valence-corrected chi connectivity index (χ4v) is 2.56. The highest BCUT2D eigenvalue weighted by Gasteiger charge is 2.14. The van der Waals surface area contributed by atoms with Gasteiger partial charge in [0.2, 0.25) is 23.4 Å². The summed E-state index contributed by atoms with van der Waals surface area (Å²) >= 11 is 0. The Morgan fingerprint density at radius 1 is 0.833 bits per heavy atom. The smallest absolute Gasteiger partial charge is 0.273 e. The quantitative estimate of drug-likeness (QED) is 0.299. The molecular weight excluding hydrogens is 388 g/mol. The summed E-state index contributed by atoms with van der Waals surface area (Å²) in [5, 5.41) is 18.3. The number of nitrogen functional groups attached to an aromatic ring is 1. The third kappa shape index (κ3) is 4.66. The predicted molar refractivity (Wildman–Crippen MR) is 109 cm³/mol. The Kier molecular flexibility index (Phi) is 5.86. The van der Waals surface area contributed by atoms with E-state index in [0.717, 1.165) is 16.8 Å². The molecule has 2 heterocycles. The molecule has 0 aliphatic heterocycles. The zero-order valence-electron chi connectivity index (χ0n) is 16.9. The molecule has 0 fully saturated rings. The third-order valence-electron chi connectivity index (χ3n) is 4.26. The standard InChI is InChI=1S/C10H9N3O3.C10H11N3O/c1-6-3-4-8(5-9(6)13(14)15)10-11-7(2)16-12-10;1-6-3-4-8(5-9(6)11)10-12-7(2)14-13-10/h3-5H,1-2H3;3-5H,11H2,1-2H3. The molecule has 2 aromatic carbocycles. The van der Waals surface area contributed by atoms with Crippen molar-refractivity contribution in [3.8, 4) is 22.8 Å². The van der Waals surface area contributed by atoms with Crippen molar-refractivity contribution in [2.45, 2.75) is 27.7 Å². The summed E-state index contributed by atoms with van der Waals surface area (Å²) in [5.74, 6) is 1.92. The van der Waals surface area contributed by atoms with Crippen molar-refractivity contribution in [3.63, 3.8) is 0 Å². The summed E-state index contributed by atoms with van der Waals surface area (Å²) < 4.78 is 9.71. The van der Waals surface area contributed by atoms with Crippen LogP contribution in [0.1, 0.15) is 22.9 Å². The maximum Gasteiger partial charge on any atom is 0.273 e. The Bertz CT molecular complexity index is 1200. The second-order valence-electron chi connectivity index (χ2n) is 6.60. The molecule has 0 atom stereocenters. The second-order valence-corrected chi connectivity index (χ2v) is 6.60. The minimum absolute atomic E-state index is 0.0555. The number of aryl methyl sites for hydroxylation is 4. The van der Waals surface area contributed by atoms with Gasteiger partial charge in [-0.3, -0.25) is 10.1 Å². The largest absolute Gasteiger partial charge is 0.398 e. The van der Waals surface area contributed by atoms with Gasteiger partial charge in [-0.2, -0.15) is 9.97 Å². The SMILES string of the molecule is Cc1nc(-c2ccc(C)c(N)c2)no1.Cc1nc(-c2ccc(C)c([N+](=O)[O-])c2)no1. The Morgan fingerprint density at radius 3 is 1.77 bits per heavy atom. The number of aromatic nitrogens is 4. The van der Waals surface area contributed by atoms with Gasteiger partial charge in [-0.15, -0.1) is 0 Å². The molecule has 154 valence electrons. The lowest BCUT2D eigenvalue weighted by atomic mass is 10.1. The van der Waals surface area contributed by atoms with E-state index in [2.05, 4.69) is 20.3 Å². The lowest BCUT2D eigenvalue weighted by Crippen LogP contribution is -1.92. The van der Waals surface area contributed by atoms with Crippen LogP contribution in [0.4, 0.5) is 11.4 Å². The molecule has 0 saturated carbocycles. The van der Waals surface area contributed by atoms with E-state index in [1.807, 2.05) is 25.1 Å². The van der Waals surface area contributed by atoms with Crippen LogP contribution < -0.4 is 5.73 Å². The van der Waals surface area contributed by atoms with Crippen LogP contribution in [0, 0.1) is 37.8 Å². The lowest BCUT2D eigenvalue weighted by molar-refractivity contribution is -0.385. The van der Waals surface area contributed by atoms with Gasteiger partial charge in [0.15, 0.2) is 0 Å². The maximum absolute atomic E-state index is 10.8. The van der Waals surface area contributed by atoms with Crippen LogP contribution in [-0.4, -0.2) is 25.2 Å². The first kappa shape index (κ1) is 20.6. The first-order valence-electron chi connectivity index (χ1n) is 8.97. The molecule has 10 heteroatoms. The Labute approximate surface area is 171 Å². The zero-order chi connectivity index (χ0) is 21.8. The van der Waals surface area contributed by atoms with Gasteiger partial charge in [0.1, 0.15) is 0 Å². The van der Waals surface area contributed by atoms with E-state index in [-0.39, 0.29) is 5.69 Å². The summed E-state index contributed by atoms with van der Waals surface area (Å²) in [5.41, 5.74) is 9.69. The third-order valence-corrected chi connectivity index (χ3v) is 4.26. The Balaban J connectivity index is 0.000000172. The fourth-order valence-electron chi connectivity index (χ4n) is 2.56. The molecule has 0 unspecified atom stereocenters. The summed E-state index contributed by atoms with van der Waals surface area (Å²) in [7, 11) is 0. The van der Waals surface area contributed by atoms with Crippen LogP contribution in [0.15, 0.2) is 45.4 Å². The predicted octanol–water partition coefficient (Wildman–Crippen LogP) is 4.20. The van der Waals surface area contributed by atoms with Crippen LogP contribution >= 0.6 is 0 Å². The molecule has 2 N–H and O–H groups in total. The molecule has 0 aliphatic rings. The number of benzene rings is 2. The van der Waals surface area contributed by atoms with E-state index in [9.17, 15) is 10.1 Å². The van der Waals surface area contributed by atoms with Gasteiger partial charge in [-0.05, 0) is 25.5 Å². The van der Waals surface area contributed by atoms with E-state index in [0.29, 0.717) is 34.6 Å². The molecule has 4 aromatic rings. The van der Waals surface area contributed by atoms with Gasteiger partial charge in [0, 0.05) is 42.3 Å². The molecule has 0 bridgehead atoms. The van der Waals surface area contributed by atoms with Crippen molar-refractivity contribution in [2.75, 3.05) is 5.73 Å². The summed E-state index contributed by atoms with van der Waals surface area (Å²) in [4.78, 5) is 18.5. The van der Waals surface area contributed by atoms with Crippen LogP contribution in [0.3, 0.4) is 0 Å². The molecule has 30 heavy (non-hydrogen) atoms. The van der Waals surface area contributed by atoms with Crippen molar-refractivity contribution in [1.82, 2.24) is 20.3 Å². The minimum atomic E-state index is -0.425. The molecular formula is C20H20N6O4. The Morgan fingerprint density at radius 2 is 1.33 bits per heavy atom. The van der Waals surface area contributed by atoms with Crippen LogP contribution in [-0.2, 0) is 0 Å². The molecule has 0 radical (unpaired) electrons. The zero-order valence-corrected chi connectivity index (χ0v) is 16.9. The molecule has 0 aliphatic carbocycles. The number of nitrogens with zero attached hydrogens (tertiary/aromatic N) is 5. The van der Waals surface area contributed by atoms with Crippen LogP contribution in [0.5, 0.6) is 0 Å². The molecule has 10 nitrogen and oxygen atoms in total. The highest BCUT2D eigenvalue weighted by Crippen LogP contribution is 2.25. The van der Waals surface area contributed by atoms with E-state index < -0.39 is 4.92 Å². The van der Waals surface area contributed by atoms with Crippen molar-refractivity contribution in [1.29, 1.82) is 0 Å². The van der Waals surface area contributed by atoms with Gasteiger partial charge in [-0.25, -0.2) is 0 Å². The van der Waals surface area contributed by atoms with Crippen molar-refractivity contribution >= 4 is 11.4 Å². The summed E-state index contributed by atoms with van der Waals surface area (Å²) in [6.07, 6.45) is 0. The number of nitro benzene ring substituents is 1. The minimum Gasteiger partial charge on any atom is -0.398 e. The normalized spacial score (nSPS) is 10.4. The van der Waals surface area contributed by atoms with Crippen LogP contribution in [0.25, 0.3) is 22.8 Å². The van der Waals surface area contributed by atoms with Crippen LogP contribution in [0.2, 0.25) is 0 Å². The van der Waals surface area contributed by atoms with E-state index in [4.69, 9.17) is 14.8 Å². The number of hydrogen-bond acceptors (Lipinski definition) is 9. The van der Waals surface area contributed by atoms with Gasteiger partial charge in [-0.1, -0.05) is 34.6 Å². The number of hydrogen-bond donors (Lipinski definition) is 1. The van der Waals surface area contributed by atoms with Gasteiger partial charge in [0.25, 0.3) is 5.69 Å². The topological polar surface area (TPSA) is 147 Å². The van der Waals surface area contributed by atoms with E-state index in [1.165, 1.54) is 6.07 Å². The summed E-state index contributed by atoms with van der Waals surface area (Å²) in [6.45, 7) is 7.07. The monoisotopic (exact) mass is 408 g/mol. The van der Waals surface area contributed by atoms with Crippen molar-refractivity contribution < 1.29 is 14.0 Å². The first-order valence-corrected chi connectivity index (χ1v) is 8.97. The van der Waals surface area contributed by atoms with Gasteiger partial charge >= 0.3 is 0 Å². The number of anilines is 1. The Hall–Kier alpha value is -4.08. The molecule has 0 amide bonds. The fraction of sp³-hybridized carbons (Fsp3) is 0.200. The lowest BCUT2D eigenvalue weighted by Gasteiger charge is -2.00. The second kappa shape index (κ2) is 8.52. The average molecular weight is 408 g/mol. The van der Waals surface area contributed by atoms with E-state index in [1.54, 1.807) is 32.9 Å². The molecule has 4 rings (SSSR count). The highest BCUT2D eigenvalue weighted by atomic mass is 16.6. The molecule has 2 aromatic heterocycles. The number of nitro groups is 1. The van der Waals surface area contributed by atoms with Crippen molar-refractivity contribution in [2.24, 2.45) is 0 Å². The maximum atomic E-state index is 10.8. The highest BCUT2D eigenvalue weighted by molar-refractivity contribution is 5.63. The molecule has 0 spiro atoms. The molecule has 0 saturated heterocycles. The number of rotatable bonds is 3. The first-order chi connectivity index (χ1) is 14.2. The number of nitrogens with two attached hydrogens (primary N) is 1. The van der Waals surface area contributed by atoms with Crippen molar-refractivity contribution in [3.05, 3.63) is 69.4 Å². The average Bonchev–Trinajstić information content (AvgIpc) is 3.33. The van der Waals surface area contributed by atoms with Gasteiger partial charge < -0.3 is 14.8 Å². The van der Waals surface area contributed by atoms with Gasteiger partial charge in [0.05, 0.1) is 4.92 Å². The summed E-state index contributed by atoms with van der Waals surface area (Å²) in [6, 6.07) is 10.6.